The third kappa shape index (κ3) is 1.59. The smallest absolute Gasteiger partial charge is 0.0635 e. The van der Waals surface area contributed by atoms with Crippen LogP contribution in [0.4, 0.5) is 0 Å². The Hall–Kier alpha value is -1.60. The van der Waals surface area contributed by atoms with Gasteiger partial charge in [-0.3, -0.25) is 0 Å². The van der Waals surface area contributed by atoms with Crippen LogP contribution < -0.4 is 0 Å². The molecule has 0 amide bonds. The fourth-order valence-electron chi connectivity index (χ4n) is 4.26. The second kappa shape index (κ2) is 4.20. The molecule has 0 aromatic heterocycles. The van der Waals surface area contributed by atoms with Crippen LogP contribution in [0.2, 0.25) is 0 Å². The molecule has 1 atom stereocenters. The number of ether oxygens (including phenoxy) is 1. The lowest BCUT2D eigenvalue weighted by Crippen LogP contribution is -2.45. The minimum atomic E-state index is 0.204. The molecule has 20 heavy (non-hydrogen) atoms. The number of rotatable bonds is 3. The molecular weight excluding hydrogens is 244 g/mol. The molecule has 0 aliphatic heterocycles. The first kappa shape index (κ1) is 12.2. The van der Waals surface area contributed by atoms with Crippen molar-refractivity contribution in [2.45, 2.75) is 30.8 Å². The Morgan fingerprint density at radius 2 is 1.35 bits per heavy atom. The van der Waals surface area contributed by atoms with E-state index >= 15 is 0 Å². The van der Waals surface area contributed by atoms with E-state index < -0.39 is 0 Å². The lowest BCUT2D eigenvalue weighted by Gasteiger charge is -2.50. The molecule has 1 spiro atoms. The number of hydrogen-bond donors (Lipinski definition) is 0. The van der Waals surface area contributed by atoms with Crippen LogP contribution in [0.3, 0.4) is 0 Å². The van der Waals surface area contributed by atoms with Crippen LogP contribution in [0, 0.1) is 5.41 Å². The van der Waals surface area contributed by atoms with Gasteiger partial charge in [0, 0.05) is 17.9 Å². The first-order valence-electron chi connectivity index (χ1n) is 7.43. The van der Waals surface area contributed by atoms with Crippen molar-refractivity contribution < 1.29 is 4.74 Å². The number of hydrogen-bond acceptors (Lipinski definition) is 1. The van der Waals surface area contributed by atoms with E-state index in [9.17, 15) is 0 Å². The van der Waals surface area contributed by atoms with E-state index in [1.54, 1.807) is 0 Å². The van der Waals surface area contributed by atoms with Crippen LogP contribution in [0.15, 0.2) is 60.7 Å². The van der Waals surface area contributed by atoms with E-state index in [1.807, 2.05) is 7.11 Å². The molecule has 2 aliphatic carbocycles. The van der Waals surface area contributed by atoms with E-state index in [2.05, 4.69) is 60.7 Å². The quantitative estimate of drug-likeness (QED) is 0.808. The van der Waals surface area contributed by atoms with Crippen LogP contribution in [-0.4, -0.2) is 13.2 Å². The number of benzene rings is 2. The van der Waals surface area contributed by atoms with E-state index in [1.165, 1.54) is 30.4 Å². The van der Waals surface area contributed by atoms with Gasteiger partial charge < -0.3 is 4.74 Å². The first-order chi connectivity index (χ1) is 9.79. The first-order valence-corrected chi connectivity index (χ1v) is 7.43. The molecule has 0 heterocycles. The normalized spacial score (nSPS) is 25.1. The van der Waals surface area contributed by atoms with Crippen molar-refractivity contribution in [3.05, 3.63) is 71.8 Å². The molecule has 4 rings (SSSR count). The van der Waals surface area contributed by atoms with Crippen LogP contribution >= 0.6 is 0 Å². The number of methoxy groups -OCH3 is 1. The van der Waals surface area contributed by atoms with Gasteiger partial charge in [-0.15, -0.1) is 0 Å². The molecular formula is C19H20O. The highest BCUT2D eigenvalue weighted by molar-refractivity contribution is 5.46. The zero-order chi connectivity index (χ0) is 13.6. The van der Waals surface area contributed by atoms with Gasteiger partial charge in [0.05, 0.1) is 6.10 Å². The van der Waals surface area contributed by atoms with Crippen molar-refractivity contribution in [2.24, 2.45) is 5.41 Å². The lowest BCUT2D eigenvalue weighted by atomic mass is 9.53. The summed E-state index contributed by atoms with van der Waals surface area (Å²) in [5.41, 5.74) is 3.58. The molecule has 2 saturated carbocycles. The lowest BCUT2D eigenvalue weighted by molar-refractivity contribution is 0.0648. The molecule has 1 nitrogen and oxygen atoms in total. The van der Waals surface area contributed by atoms with Gasteiger partial charge in [0.25, 0.3) is 0 Å². The summed E-state index contributed by atoms with van der Waals surface area (Å²) >= 11 is 0. The maximum absolute atomic E-state index is 5.58. The zero-order valence-electron chi connectivity index (χ0n) is 11.9. The van der Waals surface area contributed by atoms with E-state index in [0.29, 0.717) is 11.5 Å². The van der Waals surface area contributed by atoms with E-state index in [4.69, 9.17) is 4.74 Å². The highest BCUT2D eigenvalue weighted by Crippen LogP contribution is 2.71. The van der Waals surface area contributed by atoms with Crippen LogP contribution in [0.25, 0.3) is 0 Å². The maximum Gasteiger partial charge on any atom is 0.0635 e. The minimum Gasteiger partial charge on any atom is -0.381 e. The molecule has 0 bridgehead atoms. The van der Waals surface area contributed by atoms with Gasteiger partial charge in [0.2, 0.25) is 0 Å². The van der Waals surface area contributed by atoms with Gasteiger partial charge in [-0.2, -0.15) is 0 Å². The van der Waals surface area contributed by atoms with E-state index in [0.717, 1.165) is 0 Å². The Labute approximate surface area is 120 Å². The highest BCUT2D eigenvalue weighted by Gasteiger charge is 2.68. The maximum atomic E-state index is 5.58. The highest BCUT2D eigenvalue weighted by atomic mass is 16.5. The molecule has 2 aromatic carbocycles. The molecule has 0 saturated heterocycles. The van der Waals surface area contributed by atoms with Gasteiger partial charge in [0.1, 0.15) is 0 Å². The Morgan fingerprint density at radius 1 is 0.850 bits per heavy atom. The van der Waals surface area contributed by atoms with Gasteiger partial charge in [0.15, 0.2) is 0 Å². The minimum absolute atomic E-state index is 0.204. The fraction of sp³-hybridized carbons (Fsp3) is 0.368. The van der Waals surface area contributed by atoms with Crippen molar-refractivity contribution in [1.82, 2.24) is 0 Å². The monoisotopic (exact) mass is 264 g/mol. The molecule has 2 aliphatic rings. The second-order valence-corrected chi connectivity index (χ2v) is 6.46. The Bertz CT molecular complexity index is 555. The van der Waals surface area contributed by atoms with Crippen molar-refractivity contribution in [3.63, 3.8) is 0 Å². The Balaban J connectivity index is 1.73. The van der Waals surface area contributed by atoms with Crippen molar-refractivity contribution in [3.8, 4) is 0 Å². The van der Waals surface area contributed by atoms with Crippen LogP contribution in [0.1, 0.15) is 30.4 Å². The summed E-state index contributed by atoms with van der Waals surface area (Å²) in [6.45, 7) is 0. The molecule has 2 fully saturated rings. The topological polar surface area (TPSA) is 9.23 Å². The van der Waals surface area contributed by atoms with Gasteiger partial charge in [-0.1, -0.05) is 60.7 Å². The predicted octanol–water partition coefficient (Wildman–Crippen LogP) is 4.17. The fourth-order valence-corrected chi connectivity index (χ4v) is 4.26. The van der Waals surface area contributed by atoms with E-state index in [-0.39, 0.29) is 5.41 Å². The van der Waals surface area contributed by atoms with Crippen molar-refractivity contribution >= 4 is 0 Å². The third-order valence-electron chi connectivity index (χ3n) is 5.36. The Kier molecular flexibility index (Phi) is 2.55. The van der Waals surface area contributed by atoms with Gasteiger partial charge in [-0.25, -0.2) is 0 Å². The average Bonchev–Trinajstić information content (AvgIpc) is 3.21. The molecule has 1 unspecified atom stereocenters. The van der Waals surface area contributed by atoms with Crippen LogP contribution in [0.5, 0.6) is 0 Å². The Morgan fingerprint density at radius 3 is 1.75 bits per heavy atom. The van der Waals surface area contributed by atoms with Crippen molar-refractivity contribution in [2.75, 3.05) is 7.11 Å². The zero-order valence-corrected chi connectivity index (χ0v) is 11.9. The third-order valence-corrected chi connectivity index (χ3v) is 5.36. The summed E-state index contributed by atoms with van der Waals surface area (Å²) in [6.07, 6.45) is 4.19. The summed E-state index contributed by atoms with van der Waals surface area (Å²) in [6, 6.07) is 22.0. The molecule has 0 radical (unpaired) electrons. The summed E-state index contributed by atoms with van der Waals surface area (Å²) in [5.74, 6) is 0. The SMILES string of the molecule is COC1CC12CC(c1ccccc1)(c1ccccc1)C2. The van der Waals surface area contributed by atoms with Gasteiger partial charge in [-0.05, 0) is 30.4 Å². The van der Waals surface area contributed by atoms with Gasteiger partial charge >= 0.3 is 0 Å². The molecule has 0 N–H and O–H groups in total. The summed E-state index contributed by atoms with van der Waals surface area (Å²) < 4.78 is 5.58. The average molecular weight is 264 g/mol. The largest absolute Gasteiger partial charge is 0.381 e. The molecule has 1 heteroatoms. The second-order valence-electron chi connectivity index (χ2n) is 6.46. The van der Waals surface area contributed by atoms with Crippen LogP contribution in [-0.2, 0) is 10.2 Å². The predicted molar refractivity (Wildman–Crippen MR) is 80.7 cm³/mol. The summed E-state index contributed by atoms with van der Waals surface area (Å²) in [7, 11) is 1.85. The summed E-state index contributed by atoms with van der Waals surface area (Å²) in [4.78, 5) is 0. The standard InChI is InChI=1S/C19H20O/c1-20-17-12-18(17)13-19(14-18,15-8-4-2-5-9-15)16-10-6-3-7-11-16/h2-11,17H,12-14H2,1H3. The molecule has 102 valence electrons. The van der Waals surface area contributed by atoms with Crippen molar-refractivity contribution in [1.29, 1.82) is 0 Å². The summed E-state index contributed by atoms with van der Waals surface area (Å²) in [5, 5.41) is 0. The molecule has 2 aromatic rings.